The van der Waals surface area contributed by atoms with E-state index in [2.05, 4.69) is 10.3 Å². The zero-order chi connectivity index (χ0) is 21.7. The summed E-state index contributed by atoms with van der Waals surface area (Å²) in [5.74, 6) is -1.28. The Hall–Kier alpha value is -3.78. The van der Waals surface area contributed by atoms with Crippen LogP contribution in [0.3, 0.4) is 0 Å². The van der Waals surface area contributed by atoms with Gasteiger partial charge >= 0.3 is 0 Å². The van der Waals surface area contributed by atoms with Crippen LogP contribution >= 0.6 is 0 Å². The van der Waals surface area contributed by atoms with Crippen LogP contribution in [0.4, 0.5) is 0 Å². The molecule has 154 valence electrons. The van der Waals surface area contributed by atoms with Crippen molar-refractivity contribution < 1.29 is 19.4 Å². The van der Waals surface area contributed by atoms with E-state index >= 15 is 0 Å². The number of carbonyl (C=O) groups excluding carboxylic acids is 2. The molecule has 0 radical (unpaired) electrons. The predicted molar refractivity (Wildman–Crippen MR) is 113 cm³/mol. The number of nitrogens with zero attached hydrogens (tertiary/aromatic N) is 2. The van der Waals surface area contributed by atoms with Gasteiger partial charge in [-0.2, -0.15) is 0 Å². The SMILES string of the molecule is COCCNC(=O)c1cccc(/C=C/C(=O)c2c(O)c3ccncc3n(C)c2=O)c1. The third kappa shape index (κ3) is 4.28. The lowest BCUT2D eigenvalue weighted by molar-refractivity contribution is 0.0936. The van der Waals surface area contributed by atoms with E-state index in [1.165, 1.54) is 42.2 Å². The topological polar surface area (TPSA) is 111 Å². The van der Waals surface area contributed by atoms with Crippen LogP contribution in [-0.2, 0) is 11.8 Å². The largest absolute Gasteiger partial charge is 0.506 e. The Kier molecular flexibility index (Phi) is 6.38. The second-order valence-electron chi connectivity index (χ2n) is 6.55. The number of hydrogen-bond acceptors (Lipinski definition) is 6. The standard InChI is InChI=1S/C22H21N3O5/c1-25-17-13-23-9-8-16(17)20(27)19(22(25)29)18(26)7-6-14-4-3-5-15(12-14)21(28)24-10-11-30-2/h3-9,12-13,27H,10-11H2,1-2H3,(H,24,28)/b7-6+. The fourth-order valence-electron chi connectivity index (χ4n) is 3.00. The Balaban J connectivity index is 1.88. The van der Waals surface area contributed by atoms with E-state index in [1.807, 2.05) is 0 Å². The van der Waals surface area contributed by atoms with Gasteiger partial charge in [0, 0.05) is 37.8 Å². The van der Waals surface area contributed by atoms with Crippen LogP contribution in [0.2, 0.25) is 0 Å². The van der Waals surface area contributed by atoms with Gasteiger partial charge in [0.15, 0.2) is 5.78 Å². The molecule has 8 nitrogen and oxygen atoms in total. The van der Waals surface area contributed by atoms with Gasteiger partial charge in [-0.1, -0.05) is 18.2 Å². The molecule has 0 fully saturated rings. The second kappa shape index (κ2) is 9.15. The van der Waals surface area contributed by atoms with Gasteiger partial charge in [0.05, 0.1) is 18.3 Å². The highest BCUT2D eigenvalue weighted by atomic mass is 16.5. The minimum atomic E-state index is -0.637. The van der Waals surface area contributed by atoms with Gasteiger partial charge in [0.2, 0.25) is 0 Å². The van der Waals surface area contributed by atoms with Crippen molar-refractivity contribution in [3.63, 3.8) is 0 Å². The van der Waals surface area contributed by atoms with Crippen molar-refractivity contribution in [2.75, 3.05) is 20.3 Å². The number of aromatic nitrogens is 2. The van der Waals surface area contributed by atoms with Crippen LogP contribution in [0.5, 0.6) is 5.75 Å². The van der Waals surface area contributed by atoms with Gasteiger partial charge < -0.3 is 19.7 Å². The number of methoxy groups -OCH3 is 1. The molecule has 3 rings (SSSR count). The molecule has 30 heavy (non-hydrogen) atoms. The maximum Gasteiger partial charge on any atom is 0.265 e. The fraction of sp³-hybridized carbons (Fsp3) is 0.182. The zero-order valence-electron chi connectivity index (χ0n) is 16.6. The minimum absolute atomic E-state index is 0.261. The predicted octanol–water partition coefficient (Wildman–Crippen LogP) is 1.91. The van der Waals surface area contributed by atoms with E-state index in [4.69, 9.17) is 4.74 Å². The van der Waals surface area contributed by atoms with Crippen molar-refractivity contribution in [3.8, 4) is 5.75 Å². The number of ketones is 1. The number of fused-ring (bicyclic) bond motifs is 1. The number of pyridine rings is 2. The monoisotopic (exact) mass is 407 g/mol. The molecule has 0 saturated heterocycles. The van der Waals surface area contributed by atoms with Crippen molar-refractivity contribution in [2.24, 2.45) is 7.05 Å². The van der Waals surface area contributed by atoms with E-state index in [0.717, 1.165) is 0 Å². The molecule has 0 unspecified atom stereocenters. The molecule has 1 amide bonds. The van der Waals surface area contributed by atoms with Crippen molar-refractivity contribution >= 4 is 28.7 Å². The lowest BCUT2D eigenvalue weighted by Gasteiger charge is -2.09. The maximum atomic E-state index is 12.7. The Morgan fingerprint density at radius 3 is 2.87 bits per heavy atom. The average molecular weight is 407 g/mol. The zero-order valence-corrected chi connectivity index (χ0v) is 16.6. The van der Waals surface area contributed by atoms with Crippen molar-refractivity contribution in [3.05, 3.63) is 75.8 Å². The molecule has 2 N–H and O–H groups in total. The molecule has 1 aromatic carbocycles. The van der Waals surface area contributed by atoms with E-state index < -0.39 is 11.3 Å². The summed E-state index contributed by atoms with van der Waals surface area (Å²) >= 11 is 0. The van der Waals surface area contributed by atoms with Crippen LogP contribution in [0.1, 0.15) is 26.3 Å². The third-order valence-corrected chi connectivity index (χ3v) is 4.59. The molecular weight excluding hydrogens is 386 g/mol. The third-order valence-electron chi connectivity index (χ3n) is 4.59. The number of hydrogen-bond donors (Lipinski definition) is 2. The quantitative estimate of drug-likeness (QED) is 0.352. The number of benzene rings is 1. The maximum absolute atomic E-state index is 12.7. The first-order valence-corrected chi connectivity index (χ1v) is 9.19. The van der Waals surface area contributed by atoms with E-state index in [1.54, 1.807) is 31.4 Å². The number of nitrogens with one attached hydrogen (secondary N) is 1. The van der Waals surface area contributed by atoms with Crippen LogP contribution in [0.25, 0.3) is 17.0 Å². The summed E-state index contributed by atoms with van der Waals surface area (Å²) in [4.78, 5) is 41.3. The van der Waals surface area contributed by atoms with Gasteiger partial charge in [-0.25, -0.2) is 0 Å². The highest BCUT2D eigenvalue weighted by Crippen LogP contribution is 2.25. The van der Waals surface area contributed by atoms with Crippen molar-refractivity contribution in [1.82, 2.24) is 14.9 Å². The summed E-state index contributed by atoms with van der Waals surface area (Å²) in [6.07, 6.45) is 5.61. The molecule has 0 aliphatic rings. The fourth-order valence-corrected chi connectivity index (χ4v) is 3.00. The number of ether oxygens (including phenoxy) is 1. The molecule has 8 heteroatoms. The molecule has 2 aromatic heterocycles. The summed E-state index contributed by atoms with van der Waals surface area (Å²) in [7, 11) is 3.06. The van der Waals surface area contributed by atoms with Crippen LogP contribution in [0.15, 0.2) is 53.6 Å². The molecule has 0 aliphatic heterocycles. The van der Waals surface area contributed by atoms with Crippen LogP contribution < -0.4 is 10.9 Å². The number of rotatable bonds is 7. The van der Waals surface area contributed by atoms with E-state index in [-0.39, 0.29) is 17.2 Å². The number of aromatic hydroxyl groups is 1. The van der Waals surface area contributed by atoms with Gasteiger partial charge in [0.25, 0.3) is 11.5 Å². The van der Waals surface area contributed by atoms with E-state index in [9.17, 15) is 19.5 Å². The molecule has 0 spiro atoms. The minimum Gasteiger partial charge on any atom is -0.506 e. The van der Waals surface area contributed by atoms with Crippen LogP contribution in [0, 0.1) is 0 Å². The molecule has 0 aliphatic carbocycles. The molecule has 3 aromatic rings. The number of carbonyl (C=O) groups is 2. The first-order valence-electron chi connectivity index (χ1n) is 9.19. The Labute approximate surface area is 172 Å². The summed E-state index contributed by atoms with van der Waals surface area (Å²) in [5.41, 5.74) is 0.518. The highest BCUT2D eigenvalue weighted by Gasteiger charge is 2.19. The Morgan fingerprint density at radius 1 is 1.30 bits per heavy atom. The average Bonchev–Trinajstić information content (AvgIpc) is 2.76. The van der Waals surface area contributed by atoms with Crippen molar-refractivity contribution in [2.45, 2.75) is 0 Å². The lowest BCUT2D eigenvalue weighted by Crippen LogP contribution is -2.26. The first kappa shape index (κ1) is 20.9. The number of amides is 1. The lowest BCUT2D eigenvalue weighted by atomic mass is 10.1. The highest BCUT2D eigenvalue weighted by molar-refractivity contribution is 6.11. The van der Waals surface area contributed by atoms with Crippen molar-refractivity contribution in [1.29, 1.82) is 0 Å². The summed E-state index contributed by atoms with van der Waals surface area (Å²) in [6.45, 7) is 0.786. The molecular formula is C22H21N3O5. The molecule has 2 heterocycles. The second-order valence-corrected chi connectivity index (χ2v) is 6.55. The Bertz CT molecular complexity index is 1200. The first-order chi connectivity index (χ1) is 14.4. The van der Waals surface area contributed by atoms with E-state index in [0.29, 0.717) is 35.2 Å². The smallest absolute Gasteiger partial charge is 0.265 e. The normalized spacial score (nSPS) is 11.1. The molecule has 0 bridgehead atoms. The van der Waals surface area contributed by atoms with Gasteiger partial charge in [-0.3, -0.25) is 19.4 Å². The van der Waals surface area contributed by atoms with Crippen LogP contribution in [-0.4, -0.2) is 46.6 Å². The Morgan fingerprint density at radius 2 is 2.10 bits per heavy atom. The summed E-state index contributed by atoms with van der Waals surface area (Å²) in [6, 6.07) is 8.22. The van der Waals surface area contributed by atoms with Gasteiger partial charge in [0.1, 0.15) is 11.3 Å². The van der Waals surface area contributed by atoms with Gasteiger partial charge in [-0.05, 0) is 29.8 Å². The molecule has 0 atom stereocenters. The summed E-state index contributed by atoms with van der Waals surface area (Å²) < 4.78 is 6.17. The molecule has 0 saturated carbocycles. The number of aryl methyl sites for hydroxylation is 1. The van der Waals surface area contributed by atoms with Gasteiger partial charge in [-0.15, -0.1) is 0 Å². The summed E-state index contributed by atoms with van der Waals surface area (Å²) in [5, 5.41) is 13.6. The number of allylic oxidation sites excluding steroid dienone is 1.